The molecule has 0 radical (unpaired) electrons. The second kappa shape index (κ2) is 9.80. The second-order valence-corrected chi connectivity index (χ2v) is 7.51. The van der Waals surface area contributed by atoms with Crippen LogP contribution in [0.5, 0.6) is 11.5 Å². The van der Waals surface area contributed by atoms with Crippen LogP contribution in [0, 0.1) is 0 Å². The number of hydrogen-bond acceptors (Lipinski definition) is 7. The molecule has 3 aromatic rings. The van der Waals surface area contributed by atoms with Crippen LogP contribution in [0.1, 0.15) is 19.2 Å². The summed E-state index contributed by atoms with van der Waals surface area (Å²) in [6, 6.07) is 12.6. The summed E-state index contributed by atoms with van der Waals surface area (Å²) in [5.41, 5.74) is 1.34. The van der Waals surface area contributed by atoms with E-state index in [0.29, 0.717) is 65.9 Å². The number of carbonyl (C=O) groups excluding carboxylic acids is 1. The average molecular weight is 443 g/mol. The summed E-state index contributed by atoms with van der Waals surface area (Å²) in [7, 11) is 0. The summed E-state index contributed by atoms with van der Waals surface area (Å²) < 4.78 is 16.9. The third-order valence-electron chi connectivity index (χ3n) is 4.66. The van der Waals surface area contributed by atoms with Crippen molar-refractivity contribution in [2.45, 2.75) is 19.9 Å². The van der Waals surface area contributed by atoms with Gasteiger partial charge in [-0.1, -0.05) is 30.7 Å². The molecule has 0 saturated carbocycles. The van der Waals surface area contributed by atoms with Gasteiger partial charge in [0.15, 0.2) is 11.5 Å². The van der Waals surface area contributed by atoms with Crippen LogP contribution in [0.2, 0.25) is 5.02 Å². The fraction of sp³-hybridized carbons (Fsp3) is 0.318. The predicted molar refractivity (Wildman–Crippen MR) is 116 cm³/mol. The molecule has 0 bridgehead atoms. The van der Waals surface area contributed by atoms with E-state index >= 15 is 0 Å². The fourth-order valence-corrected chi connectivity index (χ4v) is 3.52. The van der Waals surface area contributed by atoms with Gasteiger partial charge in [-0.25, -0.2) is 0 Å². The van der Waals surface area contributed by atoms with Crippen LogP contribution in [0.4, 0.5) is 5.69 Å². The minimum Gasteiger partial charge on any atom is -0.486 e. The van der Waals surface area contributed by atoms with E-state index in [1.165, 1.54) is 0 Å². The zero-order valence-corrected chi connectivity index (χ0v) is 17.9. The van der Waals surface area contributed by atoms with Crippen molar-refractivity contribution < 1.29 is 18.7 Å². The van der Waals surface area contributed by atoms with Gasteiger partial charge < -0.3 is 19.2 Å². The number of carbonyl (C=O) groups is 1. The molecule has 0 unspecified atom stereocenters. The van der Waals surface area contributed by atoms with Crippen LogP contribution in [-0.4, -0.2) is 47.3 Å². The number of ether oxygens (including phenoxy) is 2. The first-order valence-electron chi connectivity index (χ1n) is 10.1. The predicted octanol–water partition coefficient (Wildman–Crippen LogP) is 4.01. The molecular weight excluding hydrogens is 420 g/mol. The topological polar surface area (TPSA) is 89.7 Å². The summed E-state index contributed by atoms with van der Waals surface area (Å²) in [6.45, 7) is 4.33. The summed E-state index contributed by atoms with van der Waals surface area (Å²) in [4.78, 5) is 14.6. The first kappa shape index (κ1) is 21.1. The van der Waals surface area contributed by atoms with Crippen molar-refractivity contribution in [2.24, 2.45) is 0 Å². The number of nitrogens with one attached hydrogen (secondary N) is 1. The van der Waals surface area contributed by atoms with Crippen LogP contribution in [-0.2, 0) is 11.3 Å². The van der Waals surface area contributed by atoms with Crippen molar-refractivity contribution in [2.75, 3.05) is 31.6 Å². The molecule has 2 heterocycles. The third kappa shape index (κ3) is 5.34. The Bertz CT molecular complexity index is 1060. The van der Waals surface area contributed by atoms with Crippen molar-refractivity contribution >= 4 is 23.2 Å². The molecule has 0 aliphatic carbocycles. The van der Waals surface area contributed by atoms with E-state index in [1.54, 1.807) is 24.3 Å². The highest BCUT2D eigenvalue weighted by molar-refractivity contribution is 6.33. The lowest BCUT2D eigenvalue weighted by molar-refractivity contribution is -0.117. The van der Waals surface area contributed by atoms with Gasteiger partial charge in [0.1, 0.15) is 13.2 Å². The third-order valence-corrected chi connectivity index (χ3v) is 4.99. The highest BCUT2D eigenvalue weighted by atomic mass is 35.5. The number of amides is 1. The molecule has 0 atom stereocenters. The summed E-state index contributed by atoms with van der Waals surface area (Å²) in [5.74, 6) is 1.96. The lowest BCUT2D eigenvalue weighted by Crippen LogP contribution is -2.33. The molecule has 1 N–H and O–H groups in total. The molecule has 4 rings (SSSR count). The van der Waals surface area contributed by atoms with E-state index in [2.05, 4.69) is 22.4 Å². The SMILES string of the molecule is CCCN(CC(=O)Nc1ccc2c(c1)OCCO2)Cc1nnc(-c2ccccc2Cl)o1. The average Bonchev–Trinajstić information content (AvgIpc) is 3.22. The lowest BCUT2D eigenvalue weighted by Gasteiger charge is -2.21. The zero-order chi connectivity index (χ0) is 21.6. The molecular formula is C22H23ClN4O4. The van der Waals surface area contributed by atoms with Gasteiger partial charge in [0.05, 0.1) is 23.7 Å². The van der Waals surface area contributed by atoms with Crippen molar-refractivity contribution in [1.82, 2.24) is 15.1 Å². The number of halogens is 1. The minimum absolute atomic E-state index is 0.143. The Morgan fingerprint density at radius 3 is 2.74 bits per heavy atom. The molecule has 1 aliphatic heterocycles. The number of aromatic nitrogens is 2. The fourth-order valence-electron chi connectivity index (χ4n) is 3.31. The van der Waals surface area contributed by atoms with E-state index < -0.39 is 0 Å². The monoisotopic (exact) mass is 442 g/mol. The van der Waals surface area contributed by atoms with Crippen LogP contribution in [0.3, 0.4) is 0 Å². The van der Waals surface area contributed by atoms with Crippen LogP contribution < -0.4 is 14.8 Å². The molecule has 1 aliphatic rings. The molecule has 1 amide bonds. The zero-order valence-electron chi connectivity index (χ0n) is 17.1. The summed E-state index contributed by atoms with van der Waals surface area (Å²) in [5, 5.41) is 11.7. The van der Waals surface area contributed by atoms with Crippen molar-refractivity contribution in [3.63, 3.8) is 0 Å². The van der Waals surface area contributed by atoms with E-state index in [1.807, 2.05) is 23.1 Å². The number of benzene rings is 2. The normalized spacial score (nSPS) is 12.7. The van der Waals surface area contributed by atoms with E-state index in [-0.39, 0.29) is 12.5 Å². The Morgan fingerprint density at radius 2 is 1.94 bits per heavy atom. The first-order valence-corrected chi connectivity index (χ1v) is 10.5. The maximum absolute atomic E-state index is 12.6. The standard InChI is InChI=1S/C22H23ClN4O4/c1-2-9-27(14-21-25-26-22(31-21)16-5-3-4-6-17(16)23)13-20(28)24-15-7-8-18-19(12-15)30-11-10-29-18/h3-8,12H,2,9-11,13-14H2,1H3,(H,24,28). The minimum atomic E-state index is -0.143. The Kier molecular flexibility index (Phi) is 6.69. The Labute approximate surface area is 185 Å². The Balaban J connectivity index is 1.39. The van der Waals surface area contributed by atoms with Gasteiger partial charge in [-0.3, -0.25) is 9.69 Å². The van der Waals surface area contributed by atoms with Gasteiger partial charge in [0.2, 0.25) is 17.7 Å². The molecule has 1 aromatic heterocycles. The van der Waals surface area contributed by atoms with Crippen molar-refractivity contribution in [3.8, 4) is 23.0 Å². The number of anilines is 1. The van der Waals surface area contributed by atoms with Gasteiger partial charge >= 0.3 is 0 Å². The molecule has 0 saturated heterocycles. The molecule has 31 heavy (non-hydrogen) atoms. The van der Waals surface area contributed by atoms with E-state index in [9.17, 15) is 4.79 Å². The Morgan fingerprint density at radius 1 is 1.13 bits per heavy atom. The van der Waals surface area contributed by atoms with Gasteiger partial charge in [-0.2, -0.15) is 0 Å². The van der Waals surface area contributed by atoms with Crippen LogP contribution >= 0.6 is 11.6 Å². The molecule has 162 valence electrons. The largest absolute Gasteiger partial charge is 0.486 e. The number of hydrogen-bond donors (Lipinski definition) is 1. The molecule has 9 heteroatoms. The van der Waals surface area contributed by atoms with Gasteiger partial charge in [0, 0.05) is 11.8 Å². The first-order chi connectivity index (χ1) is 15.1. The maximum atomic E-state index is 12.6. The van der Waals surface area contributed by atoms with Crippen LogP contribution in [0.25, 0.3) is 11.5 Å². The number of fused-ring (bicyclic) bond motifs is 1. The van der Waals surface area contributed by atoms with Gasteiger partial charge in [-0.05, 0) is 37.2 Å². The Hall–Kier alpha value is -3.10. The summed E-state index contributed by atoms with van der Waals surface area (Å²) in [6.07, 6.45) is 0.878. The number of nitrogens with zero attached hydrogens (tertiary/aromatic N) is 3. The van der Waals surface area contributed by atoms with Crippen molar-refractivity contribution in [3.05, 3.63) is 53.4 Å². The molecule has 2 aromatic carbocycles. The number of rotatable bonds is 8. The van der Waals surface area contributed by atoms with Gasteiger partial charge in [0.25, 0.3) is 0 Å². The lowest BCUT2D eigenvalue weighted by atomic mass is 10.2. The highest BCUT2D eigenvalue weighted by Crippen LogP contribution is 2.32. The molecule has 0 spiro atoms. The quantitative estimate of drug-likeness (QED) is 0.563. The summed E-state index contributed by atoms with van der Waals surface area (Å²) >= 11 is 6.21. The molecule has 8 nitrogen and oxygen atoms in total. The van der Waals surface area contributed by atoms with Crippen LogP contribution in [0.15, 0.2) is 46.9 Å². The molecule has 0 fully saturated rings. The highest BCUT2D eigenvalue weighted by Gasteiger charge is 2.18. The smallest absolute Gasteiger partial charge is 0.249 e. The van der Waals surface area contributed by atoms with Crippen molar-refractivity contribution in [1.29, 1.82) is 0 Å². The maximum Gasteiger partial charge on any atom is 0.249 e. The van der Waals surface area contributed by atoms with E-state index in [4.69, 9.17) is 25.5 Å². The second-order valence-electron chi connectivity index (χ2n) is 7.10. The van der Waals surface area contributed by atoms with E-state index in [0.717, 1.165) is 6.42 Å². The van der Waals surface area contributed by atoms with Gasteiger partial charge in [-0.15, -0.1) is 10.2 Å².